The number of hydrogen-bond donors (Lipinski definition) is 1. The highest BCUT2D eigenvalue weighted by atomic mass is 32.2. The normalized spacial score (nSPS) is 19.4. The van der Waals surface area contributed by atoms with Gasteiger partial charge in [-0.3, -0.25) is 14.5 Å². The molecule has 0 saturated carbocycles. The topological polar surface area (TPSA) is 85.1 Å². The van der Waals surface area contributed by atoms with Crippen molar-refractivity contribution in [1.29, 1.82) is 0 Å². The van der Waals surface area contributed by atoms with Gasteiger partial charge in [-0.15, -0.1) is 4.99 Å². The average molecular weight is 388 g/mol. The predicted molar refractivity (Wildman–Crippen MR) is 104 cm³/mol. The molecule has 0 aliphatic carbocycles. The number of urea groups is 1. The SMILES string of the molecule is Cc1ccc(CNC(=O)CSC2=NC3C(=O)N(C)C(=O)N(C)C3=[N+]2C)cc1. The van der Waals surface area contributed by atoms with Crippen LogP contribution in [0.5, 0.6) is 0 Å². The minimum absolute atomic E-state index is 0.121. The second-order valence-corrected chi connectivity index (χ2v) is 7.46. The molecule has 4 amide bonds. The predicted octanol–water partition coefficient (Wildman–Crippen LogP) is 0.647. The summed E-state index contributed by atoms with van der Waals surface area (Å²) in [6.07, 6.45) is 0. The lowest BCUT2D eigenvalue weighted by Gasteiger charge is -2.27. The Balaban J connectivity index is 1.60. The summed E-state index contributed by atoms with van der Waals surface area (Å²) in [6.45, 7) is 2.48. The van der Waals surface area contributed by atoms with Crippen LogP contribution in [0.4, 0.5) is 4.79 Å². The van der Waals surface area contributed by atoms with Crippen molar-refractivity contribution in [2.45, 2.75) is 19.5 Å². The molecule has 1 fully saturated rings. The van der Waals surface area contributed by atoms with Crippen molar-refractivity contribution in [3.8, 4) is 0 Å². The number of carbonyl (C=O) groups is 3. The Morgan fingerprint density at radius 3 is 2.56 bits per heavy atom. The fraction of sp³-hybridized carbons (Fsp3) is 0.389. The monoisotopic (exact) mass is 388 g/mol. The first-order valence-corrected chi connectivity index (χ1v) is 9.47. The van der Waals surface area contributed by atoms with Crippen LogP contribution in [0.2, 0.25) is 0 Å². The quantitative estimate of drug-likeness (QED) is 0.768. The molecule has 3 rings (SSSR count). The molecule has 27 heavy (non-hydrogen) atoms. The second kappa shape index (κ2) is 7.51. The first kappa shape index (κ1) is 19.1. The number of hydrogen-bond acceptors (Lipinski definition) is 5. The van der Waals surface area contributed by atoms with E-state index in [9.17, 15) is 14.4 Å². The van der Waals surface area contributed by atoms with E-state index in [1.165, 1.54) is 29.3 Å². The zero-order valence-electron chi connectivity index (χ0n) is 15.7. The van der Waals surface area contributed by atoms with E-state index in [4.69, 9.17) is 0 Å². The molecule has 0 radical (unpaired) electrons. The van der Waals surface area contributed by atoms with Gasteiger partial charge in [0.25, 0.3) is 23.0 Å². The number of aryl methyl sites for hydroxylation is 1. The third kappa shape index (κ3) is 3.73. The molecule has 2 aliphatic heterocycles. The highest BCUT2D eigenvalue weighted by molar-refractivity contribution is 8.13. The van der Waals surface area contributed by atoms with Gasteiger partial charge in [0.15, 0.2) is 0 Å². The summed E-state index contributed by atoms with van der Waals surface area (Å²) in [5.41, 5.74) is 2.20. The lowest BCUT2D eigenvalue weighted by atomic mass is 10.1. The van der Waals surface area contributed by atoms with Crippen LogP contribution in [0.1, 0.15) is 11.1 Å². The number of likely N-dealkylation sites (N-methyl/N-ethyl adjacent to an activating group) is 2. The van der Waals surface area contributed by atoms with Crippen LogP contribution in [-0.4, -0.2) is 76.2 Å². The Bertz CT molecular complexity index is 862. The summed E-state index contributed by atoms with van der Waals surface area (Å²) in [6, 6.07) is 6.84. The van der Waals surface area contributed by atoms with Crippen LogP contribution in [0.3, 0.4) is 0 Å². The Labute approximate surface area is 161 Å². The number of imide groups is 1. The third-order valence-electron chi connectivity index (χ3n) is 4.54. The largest absolute Gasteiger partial charge is 0.388 e. The zero-order valence-corrected chi connectivity index (χ0v) is 16.5. The standard InChI is InChI=1S/C18H21N5O3S/c1-11-5-7-12(8-6-11)9-19-13(24)10-27-17-20-14-15(21(17)2)22(3)18(26)23(4)16(14)25/h5-8,14H,9-10H2,1-4H3/p+1. The third-order valence-corrected chi connectivity index (χ3v) is 5.58. The highest BCUT2D eigenvalue weighted by Crippen LogP contribution is 2.21. The molecule has 1 aromatic rings. The summed E-state index contributed by atoms with van der Waals surface area (Å²) in [4.78, 5) is 43.4. The van der Waals surface area contributed by atoms with E-state index in [2.05, 4.69) is 10.3 Å². The van der Waals surface area contributed by atoms with E-state index in [1.54, 1.807) is 18.7 Å². The number of carbonyl (C=O) groups excluding carboxylic acids is 3. The van der Waals surface area contributed by atoms with Gasteiger partial charge in [-0.2, -0.15) is 0 Å². The van der Waals surface area contributed by atoms with E-state index in [-0.39, 0.29) is 17.6 Å². The number of fused-ring (bicyclic) bond motifs is 1. The number of aliphatic imine (C=N–C) groups is 1. The first-order valence-electron chi connectivity index (χ1n) is 8.48. The molecule has 9 heteroatoms. The molecule has 0 aromatic heterocycles. The summed E-state index contributed by atoms with van der Waals surface area (Å²) >= 11 is 1.24. The van der Waals surface area contributed by atoms with E-state index < -0.39 is 12.1 Å². The zero-order chi connectivity index (χ0) is 19.7. The molecule has 2 heterocycles. The van der Waals surface area contributed by atoms with Gasteiger partial charge >= 0.3 is 6.03 Å². The van der Waals surface area contributed by atoms with Crippen molar-refractivity contribution in [2.75, 3.05) is 26.9 Å². The van der Waals surface area contributed by atoms with Crippen molar-refractivity contribution >= 4 is 40.6 Å². The maximum Gasteiger partial charge on any atom is 0.388 e. The molecule has 2 aliphatic rings. The van der Waals surface area contributed by atoms with Crippen LogP contribution >= 0.6 is 11.8 Å². The number of nitrogens with one attached hydrogen (secondary N) is 1. The first-order chi connectivity index (χ1) is 12.8. The molecule has 1 unspecified atom stereocenters. The minimum Gasteiger partial charge on any atom is -0.351 e. The van der Waals surface area contributed by atoms with Crippen LogP contribution < -0.4 is 5.32 Å². The van der Waals surface area contributed by atoms with Crippen molar-refractivity contribution in [2.24, 2.45) is 4.99 Å². The smallest absolute Gasteiger partial charge is 0.351 e. The molecule has 1 N–H and O–H groups in total. The number of benzene rings is 1. The molecule has 1 saturated heterocycles. The van der Waals surface area contributed by atoms with Gasteiger partial charge in [0.1, 0.15) is 0 Å². The number of amides is 4. The maximum atomic E-state index is 12.3. The van der Waals surface area contributed by atoms with Gasteiger partial charge in [-0.05, 0) is 24.2 Å². The number of rotatable bonds is 4. The summed E-state index contributed by atoms with van der Waals surface area (Å²) in [7, 11) is 4.80. The van der Waals surface area contributed by atoms with Gasteiger partial charge in [-0.1, -0.05) is 29.8 Å². The highest BCUT2D eigenvalue weighted by Gasteiger charge is 2.51. The number of thioether (sulfide) groups is 1. The van der Waals surface area contributed by atoms with Gasteiger partial charge in [0.2, 0.25) is 5.91 Å². The molecule has 0 spiro atoms. The molecule has 1 aromatic carbocycles. The van der Waals surface area contributed by atoms with Crippen molar-refractivity contribution in [1.82, 2.24) is 15.1 Å². The Hall–Kier alpha value is -2.68. The van der Waals surface area contributed by atoms with E-state index in [0.29, 0.717) is 17.5 Å². The summed E-state index contributed by atoms with van der Waals surface area (Å²) in [5.74, 6) is 0.214. The minimum atomic E-state index is -0.735. The van der Waals surface area contributed by atoms with Gasteiger partial charge < -0.3 is 5.32 Å². The Kier molecular flexibility index (Phi) is 5.31. The summed E-state index contributed by atoms with van der Waals surface area (Å²) in [5, 5.41) is 3.42. The van der Waals surface area contributed by atoms with E-state index in [1.807, 2.05) is 31.2 Å². The lowest BCUT2D eigenvalue weighted by molar-refractivity contribution is -0.367. The maximum absolute atomic E-state index is 12.3. The van der Waals surface area contributed by atoms with Crippen LogP contribution in [-0.2, 0) is 16.1 Å². The fourth-order valence-electron chi connectivity index (χ4n) is 2.93. The molecular formula is C18H22N5O3S+. The van der Waals surface area contributed by atoms with Crippen molar-refractivity contribution in [3.05, 3.63) is 35.4 Å². The van der Waals surface area contributed by atoms with Gasteiger partial charge in [0.05, 0.1) is 19.8 Å². The molecule has 1 atom stereocenters. The molecule has 142 valence electrons. The van der Waals surface area contributed by atoms with Crippen LogP contribution in [0.25, 0.3) is 0 Å². The fourth-order valence-corrected chi connectivity index (χ4v) is 3.76. The van der Waals surface area contributed by atoms with E-state index in [0.717, 1.165) is 10.5 Å². The summed E-state index contributed by atoms with van der Waals surface area (Å²) < 4.78 is 1.70. The van der Waals surface area contributed by atoms with Crippen molar-refractivity contribution in [3.63, 3.8) is 0 Å². The Morgan fingerprint density at radius 1 is 1.22 bits per heavy atom. The molecule has 8 nitrogen and oxygen atoms in total. The van der Waals surface area contributed by atoms with E-state index >= 15 is 0 Å². The van der Waals surface area contributed by atoms with Crippen LogP contribution in [0, 0.1) is 6.92 Å². The van der Waals surface area contributed by atoms with Crippen LogP contribution in [0.15, 0.2) is 29.3 Å². The molecule has 0 bridgehead atoms. The number of nitrogens with zero attached hydrogens (tertiary/aromatic N) is 4. The average Bonchev–Trinajstić information content (AvgIpc) is 2.99. The number of amidine groups is 2. The van der Waals surface area contributed by atoms with Gasteiger partial charge in [0, 0.05) is 13.6 Å². The lowest BCUT2D eigenvalue weighted by Crippen LogP contribution is -2.59. The molecular weight excluding hydrogens is 366 g/mol. The Morgan fingerprint density at radius 2 is 1.89 bits per heavy atom. The second-order valence-electron chi connectivity index (χ2n) is 6.52. The van der Waals surface area contributed by atoms with Gasteiger partial charge in [-0.25, -0.2) is 14.3 Å². The van der Waals surface area contributed by atoms with Crippen molar-refractivity contribution < 1.29 is 19.0 Å².